The summed E-state index contributed by atoms with van der Waals surface area (Å²) < 4.78 is 18.0. The number of hydrogen-bond donors (Lipinski definition) is 1. The van der Waals surface area contributed by atoms with E-state index in [-0.39, 0.29) is 17.0 Å². The Hall–Kier alpha value is -1.58. The molecule has 0 fully saturated rings. The van der Waals surface area contributed by atoms with Gasteiger partial charge >= 0.3 is 0 Å². The Morgan fingerprint density at radius 2 is 2.00 bits per heavy atom. The standard InChI is InChI=1S/C12H16FNO2/c1-12(2,3)14-11(15)9-7-8(13)5-6-10(9)16-4/h5-7H,1-4H3,(H,14,15). The van der Waals surface area contributed by atoms with Crippen LogP contribution in [0.25, 0.3) is 0 Å². The van der Waals surface area contributed by atoms with Gasteiger partial charge in [-0.25, -0.2) is 4.39 Å². The van der Waals surface area contributed by atoms with Gasteiger partial charge in [0.1, 0.15) is 11.6 Å². The average molecular weight is 225 g/mol. The van der Waals surface area contributed by atoms with Gasteiger partial charge in [0.2, 0.25) is 0 Å². The lowest BCUT2D eigenvalue weighted by Gasteiger charge is -2.21. The second-order valence-corrected chi connectivity index (χ2v) is 4.55. The summed E-state index contributed by atoms with van der Waals surface area (Å²) in [6.07, 6.45) is 0. The molecule has 3 nitrogen and oxygen atoms in total. The lowest BCUT2D eigenvalue weighted by atomic mass is 10.1. The fraction of sp³-hybridized carbons (Fsp3) is 0.417. The molecule has 0 aliphatic heterocycles. The van der Waals surface area contributed by atoms with Crippen molar-refractivity contribution in [3.05, 3.63) is 29.6 Å². The second-order valence-electron chi connectivity index (χ2n) is 4.55. The van der Waals surface area contributed by atoms with Crippen LogP contribution in [0.4, 0.5) is 4.39 Å². The first kappa shape index (κ1) is 12.5. The van der Waals surface area contributed by atoms with Gasteiger partial charge in [0.25, 0.3) is 5.91 Å². The molecule has 0 aromatic heterocycles. The molecule has 1 aromatic rings. The molecular formula is C12H16FNO2. The zero-order valence-corrected chi connectivity index (χ0v) is 9.93. The van der Waals surface area contributed by atoms with E-state index >= 15 is 0 Å². The lowest BCUT2D eigenvalue weighted by Crippen LogP contribution is -2.40. The Bertz CT molecular complexity index is 396. The number of halogens is 1. The van der Waals surface area contributed by atoms with Crippen LogP contribution in [0.15, 0.2) is 18.2 Å². The molecule has 88 valence electrons. The highest BCUT2D eigenvalue weighted by molar-refractivity contribution is 5.97. The van der Waals surface area contributed by atoms with Crippen molar-refractivity contribution >= 4 is 5.91 Å². The van der Waals surface area contributed by atoms with E-state index in [2.05, 4.69) is 5.32 Å². The summed E-state index contributed by atoms with van der Waals surface area (Å²) in [5, 5.41) is 2.75. The molecule has 1 N–H and O–H groups in total. The van der Waals surface area contributed by atoms with Gasteiger partial charge in [0, 0.05) is 5.54 Å². The molecule has 0 spiro atoms. The highest BCUT2D eigenvalue weighted by atomic mass is 19.1. The molecule has 0 aliphatic carbocycles. The fourth-order valence-electron chi connectivity index (χ4n) is 1.27. The van der Waals surface area contributed by atoms with E-state index < -0.39 is 5.82 Å². The molecule has 1 amide bonds. The van der Waals surface area contributed by atoms with Crippen LogP contribution in [-0.2, 0) is 0 Å². The van der Waals surface area contributed by atoms with Crippen LogP contribution < -0.4 is 10.1 Å². The van der Waals surface area contributed by atoms with E-state index in [9.17, 15) is 9.18 Å². The van der Waals surface area contributed by atoms with Crippen molar-refractivity contribution in [3.63, 3.8) is 0 Å². The van der Waals surface area contributed by atoms with E-state index in [1.807, 2.05) is 20.8 Å². The van der Waals surface area contributed by atoms with E-state index in [1.165, 1.54) is 25.3 Å². The van der Waals surface area contributed by atoms with Crippen LogP contribution in [0.2, 0.25) is 0 Å². The number of nitrogens with one attached hydrogen (secondary N) is 1. The van der Waals surface area contributed by atoms with Crippen molar-refractivity contribution in [2.24, 2.45) is 0 Å². The van der Waals surface area contributed by atoms with Crippen molar-refractivity contribution in [1.82, 2.24) is 5.32 Å². The van der Waals surface area contributed by atoms with Crippen molar-refractivity contribution < 1.29 is 13.9 Å². The molecular weight excluding hydrogens is 209 g/mol. The fourth-order valence-corrected chi connectivity index (χ4v) is 1.27. The topological polar surface area (TPSA) is 38.3 Å². The third-order valence-electron chi connectivity index (χ3n) is 1.89. The van der Waals surface area contributed by atoms with E-state index in [0.29, 0.717) is 5.75 Å². The van der Waals surface area contributed by atoms with Gasteiger partial charge in [-0.1, -0.05) is 0 Å². The SMILES string of the molecule is COc1ccc(F)cc1C(=O)NC(C)(C)C. The zero-order valence-electron chi connectivity index (χ0n) is 9.93. The van der Waals surface area contributed by atoms with Gasteiger partial charge in [0.05, 0.1) is 12.7 Å². The maximum atomic E-state index is 13.0. The summed E-state index contributed by atoms with van der Waals surface area (Å²) >= 11 is 0. The molecule has 0 aliphatic rings. The van der Waals surface area contributed by atoms with E-state index in [0.717, 1.165) is 0 Å². The Morgan fingerprint density at radius 3 is 2.50 bits per heavy atom. The molecule has 1 aromatic carbocycles. The largest absolute Gasteiger partial charge is 0.496 e. The molecule has 4 heteroatoms. The molecule has 0 unspecified atom stereocenters. The predicted octanol–water partition coefficient (Wildman–Crippen LogP) is 2.36. The van der Waals surface area contributed by atoms with Gasteiger partial charge in [-0.2, -0.15) is 0 Å². The highest BCUT2D eigenvalue weighted by Gasteiger charge is 2.18. The van der Waals surface area contributed by atoms with Crippen molar-refractivity contribution in [2.45, 2.75) is 26.3 Å². The summed E-state index contributed by atoms with van der Waals surface area (Å²) in [6.45, 7) is 5.57. The van der Waals surface area contributed by atoms with Gasteiger partial charge in [0.15, 0.2) is 0 Å². The number of carbonyl (C=O) groups is 1. The number of rotatable bonds is 2. The van der Waals surface area contributed by atoms with Gasteiger partial charge < -0.3 is 10.1 Å². The van der Waals surface area contributed by atoms with Crippen LogP contribution in [0.3, 0.4) is 0 Å². The van der Waals surface area contributed by atoms with E-state index in [4.69, 9.17) is 4.74 Å². The second kappa shape index (κ2) is 4.51. The van der Waals surface area contributed by atoms with Gasteiger partial charge in [-0.15, -0.1) is 0 Å². The number of carbonyl (C=O) groups excluding carboxylic acids is 1. The number of benzene rings is 1. The molecule has 16 heavy (non-hydrogen) atoms. The van der Waals surface area contributed by atoms with Gasteiger partial charge in [-0.3, -0.25) is 4.79 Å². The molecule has 0 radical (unpaired) electrons. The normalized spacial score (nSPS) is 11.1. The summed E-state index contributed by atoms with van der Waals surface area (Å²) in [6, 6.07) is 3.86. The first-order valence-corrected chi connectivity index (χ1v) is 4.99. The summed E-state index contributed by atoms with van der Waals surface area (Å²) in [4.78, 5) is 11.8. The number of ether oxygens (including phenoxy) is 1. The predicted molar refractivity (Wildman–Crippen MR) is 60.2 cm³/mol. The molecule has 0 bridgehead atoms. The Kier molecular flexibility index (Phi) is 3.52. The smallest absolute Gasteiger partial charge is 0.255 e. The Morgan fingerprint density at radius 1 is 1.38 bits per heavy atom. The first-order valence-electron chi connectivity index (χ1n) is 4.99. The van der Waals surface area contributed by atoms with Crippen molar-refractivity contribution in [3.8, 4) is 5.75 Å². The maximum Gasteiger partial charge on any atom is 0.255 e. The average Bonchev–Trinajstić information content (AvgIpc) is 2.15. The summed E-state index contributed by atoms with van der Waals surface area (Å²) in [5.74, 6) is -0.438. The summed E-state index contributed by atoms with van der Waals surface area (Å²) in [5.41, 5.74) is -0.161. The molecule has 0 atom stereocenters. The van der Waals surface area contributed by atoms with Crippen LogP contribution in [0, 0.1) is 5.82 Å². The minimum atomic E-state index is -0.458. The number of hydrogen-bond acceptors (Lipinski definition) is 2. The highest BCUT2D eigenvalue weighted by Crippen LogP contribution is 2.19. The maximum absolute atomic E-state index is 13.0. The quantitative estimate of drug-likeness (QED) is 0.839. The van der Waals surface area contributed by atoms with Crippen LogP contribution in [0.5, 0.6) is 5.75 Å². The first-order chi connectivity index (χ1) is 7.33. The van der Waals surface area contributed by atoms with Crippen LogP contribution in [0.1, 0.15) is 31.1 Å². The zero-order chi connectivity index (χ0) is 12.3. The monoisotopic (exact) mass is 225 g/mol. The Labute approximate surface area is 94.6 Å². The number of methoxy groups -OCH3 is 1. The minimum Gasteiger partial charge on any atom is -0.496 e. The Balaban J connectivity index is 3.02. The summed E-state index contributed by atoms with van der Waals surface area (Å²) in [7, 11) is 1.45. The van der Waals surface area contributed by atoms with Gasteiger partial charge in [-0.05, 0) is 39.0 Å². The third-order valence-corrected chi connectivity index (χ3v) is 1.89. The lowest BCUT2D eigenvalue weighted by molar-refractivity contribution is 0.0916. The third kappa shape index (κ3) is 3.22. The van der Waals surface area contributed by atoms with Crippen molar-refractivity contribution in [1.29, 1.82) is 0 Å². The molecule has 0 saturated heterocycles. The molecule has 0 heterocycles. The van der Waals surface area contributed by atoms with Crippen LogP contribution in [-0.4, -0.2) is 18.6 Å². The van der Waals surface area contributed by atoms with Crippen molar-refractivity contribution in [2.75, 3.05) is 7.11 Å². The minimum absolute atomic E-state index is 0.206. The van der Waals surface area contributed by atoms with Crippen LogP contribution >= 0.6 is 0 Å². The molecule has 1 rings (SSSR count). The van der Waals surface area contributed by atoms with E-state index in [1.54, 1.807) is 0 Å². The number of amides is 1. The molecule has 0 saturated carbocycles.